The van der Waals surface area contributed by atoms with Crippen LogP contribution in [0.2, 0.25) is 0 Å². The van der Waals surface area contributed by atoms with Gasteiger partial charge >= 0.3 is 5.97 Å². The molecule has 12 heavy (non-hydrogen) atoms. The third-order valence-electron chi connectivity index (χ3n) is 1.44. The first kappa shape index (κ1) is 11.2. The lowest BCUT2D eigenvalue weighted by atomic mass is 10.1. The molecular weight excluding hydrogens is 170 g/mol. The number of hydrogen-bond acceptors (Lipinski definition) is 3. The summed E-state index contributed by atoms with van der Waals surface area (Å²) in [6.45, 7) is -0.778. The normalized spacial score (nSPS) is 14.3. The van der Waals surface area contributed by atoms with Gasteiger partial charge in [-0.3, -0.25) is 4.79 Å². The molecule has 72 valence electrons. The molecule has 0 heterocycles. The molecule has 0 spiro atoms. The summed E-state index contributed by atoms with van der Waals surface area (Å²) < 4.78 is 24.8. The summed E-state index contributed by atoms with van der Waals surface area (Å²) in [5.74, 6) is -4.28. The van der Waals surface area contributed by atoms with Crippen LogP contribution in [0.25, 0.3) is 0 Å². The van der Waals surface area contributed by atoms with E-state index < -0.39 is 30.9 Å². The van der Waals surface area contributed by atoms with Gasteiger partial charge in [0.15, 0.2) is 0 Å². The van der Waals surface area contributed by atoms with E-state index in [-0.39, 0.29) is 6.42 Å². The van der Waals surface area contributed by atoms with Crippen LogP contribution >= 0.6 is 0 Å². The monoisotopic (exact) mass is 182 g/mol. The molecule has 1 unspecified atom stereocenters. The Balaban J connectivity index is 3.75. The van der Waals surface area contributed by atoms with Gasteiger partial charge in [-0.2, -0.15) is 0 Å². The predicted octanol–water partition coefficient (Wildman–Crippen LogP) is -0.228. The van der Waals surface area contributed by atoms with Crippen LogP contribution in [0.15, 0.2) is 0 Å². The zero-order valence-corrected chi connectivity index (χ0v) is 6.46. The highest BCUT2D eigenvalue weighted by Crippen LogP contribution is 2.18. The van der Waals surface area contributed by atoms with Crippen LogP contribution in [0, 0.1) is 0 Å². The van der Waals surface area contributed by atoms with E-state index >= 15 is 0 Å². The van der Waals surface area contributed by atoms with Gasteiger partial charge in [-0.25, -0.2) is 8.78 Å². The SMILES string of the molecule is NCC(F)(F)CCC(N)C(=O)O. The molecule has 1 atom stereocenters. The van der Waals surface area contributed by atoms with E-state index in [0.717, 1.165) is 0 Å². The van der Waals surface area contributed by atoms with Gasteiger partial charge in [0.05, 0.1) is 6.54 Å². The number of carbonyl (C=O) groups is 1. The molecule has 0 aliphatic heterocycles. The van der Waals surface area contributed by atoms with E-state index in [2.05, 4.69) is 0 Å². The molecule has 0 aromatic carbocycles. The fourth-order valence-corrected chi connectivity index (χ4v) is 0.592. The van der Waals surface area contributed by atoms with Crippen LogP contribution in [0.3, 0.4) is 0 Å². The Morgan fingerprint density at radius 2 is 2.08 bits per heavy atom. The topological polar surface area (TPSA) is 89.3 Å². The zero-order chi connectivity index (χ0) is 9.78. The number of halogens is 2. The summed E-state index contributed by atoms with van der Waals surface area (Å²) in [5.41, 5.74) is 9.74. The number of carboxylic acids is 1. The second-order valence-electron chi connectivity index (χ2n) is 2.54. The van der Waals surface area contributed by atoms with Crippen molar-refractivity contribution < 1.29 is 18.7 Å². The van der Waals surface area contributed by atoms with Gasteiger partial charge in [0.2, 0.25) is 0 Å². The van der Waals surface area contributed by atoms with Gasteiger partial charge in [0, 0.05) is 6.42 Å². The van der Waals surface area contributed by atoms with E-state index in [1.54, 1.807) is 0 Å². The van der Waals surface area contributed by atoms with E-state index in [1.165, 1.54) is 0 Å². The lowest BCUT2D eigenvalue weighted by Crippen LogP contribution is -2.34. The number of alkyl halides is 2. The molecule has 0 fully saturated rings. The third-order valence-corrected chi connectivity index (χ3v) is 1.44. The quantitative estimate of drug-likeness (QED) is 0.548. The van der Waals surface area contributed by atoms with Crippen molar-refractivity contribution in [2.24, 2.45) is 11.5 Å². The summed E-state index contributed by atoms with van der Waals surface area (Å²) >= 11 is 0. The molecule has 0 saturated carbocycles. The minimum atomic E-state index is -3.01. The van der Waals surface area contributed by atoms with Crippen molar-refractivity contribution in [2.45, 2.75) is 24.8 Å². The fourth-order valence-electron chi connectivity index (χ4n) is 0.592. The third kappa shape index (κ3) is 4.20. The summed E-state index contributed by atoms with van der Waals surface area (Å²) in [6.07, 6.45) is -0.851. The highest BCUT2D eigenvalue weighted by molar-refractivity contribution is 5.72. The highest BCUT2D eigenvalue weighted by Gasteiger charge is 2.28. The largest absolute Gasteiger partial charge is 0.480 e. The van der Waals surface area contributed by atoms with Crippen LogP contribution in [-0.4, -0.2) is 29.6 Å². The van der Waals surface area contributed by atoms with Crippen molar-refractivity contribution in [2.75, 3.05) is 6.54 Å². The average molecular weight is 182 g/mol. The number of aliphatic carboxylic acids is 1. The maximum atomic E-state index is 12.4. The van der Waals surface area contributed by atoms with Crippen molar-refractivity contribution in [1.82, 2.24) is 0 Å². The Morgan fingerprint density at radius 3 is 2.42 bits per heavy atom. The van der Waals surface area contributed by atoms with Crippen LogP contribution in [0.1, 0.15) is 12.8 Å². The summed E-state index contributed by atoms with van der Waals surface area (Å²) in [7, 11) is 0. The minimum absolute atomic E-state index is 0.264. The summed E-state index contributed by atoms with van der Waals surface area (Å²) in [6, 6.07) is -1.23. The molecule has 0 aromatic heterocycles. The van der Waals surface area contributed by atoms with Crippen LogP contribution < -0.4 is 11.5 Å². The summed E-state index contributed by atoms with van der Waals surface area (Å²) in [4.78, 5) is 10.1. The van der Waals surface area contributed by atoms with Gasteiger partial charge in [-0.05, 0) is 6.42 Å². The predicted molar refractivity (Wildman–Crippen MR) is 38.8 cm³/mol. The molecule has 0 radical (unpaired) electrons. The molecule has 0 amide bonds. The average Bonchev–Trinajstić information content (AvgIpc) is 2.00. The van der Waals surface area contributed by atoms with Crippen molar-refractivity contribution in [1.29, 1.82) is 0 Å². The zero-order valence-electron chi connectivity index (χ0n) is 6.46. The van der Waals surface area contributed by atoms with Gasteiger partial charge < -0.3 is 16.6 Å². The van der Waals surface area contributed by atoms with Gasteiger partial charge in [0.1, 0.15) is 6.04 Å². The molecule has 6 heteroatoms. The molecule has 0 rings (SSSR count). The maximum Gasteiger partial charge on any atom is 0.320 e. The van der Waals surface area contributed by atoms with Crippen molar-refractivity contribution in [3.8, 4) is 0 Å². The minimum Gasteiger partial charge on any atom is -0.480 e. The van der Waals surface area contributed by atoms with E-state index in [4.69, 9.17) is 16.6 Å². The summed E-state index contributed by atoms with van der Waals surface area (Å²) in [5, 5.41) is 8.25. The number of rotatable bonds is 5. The van der Waals surface area contributed by atoms with Crippen LogP contribution in [-0.2, 0) is 4.79 Å². The van der Waals surface area contributed by atoms with Crippen molar-refractivity contribution >= 4 is 5.97 Å². The lowest BCUT2D eigenvalue weighted by molar-refractivity contribution is -0.139. The van der Waals surface area contributed by atoms with E-state index in [1.807, 2.05) is 0 Å². The second kappa shape index (κ2) is 4.32. The molecule has 0 saturated heterocycles. The Kier molecular flexibility index (Phi) is 4.05. The Hall–Kier alpha value is -0.750. The maximum absolute atomic E-state index is 12.4. The Labute approximate surface area is 68.5 Å². The Morgan fingerprint density at radius 1 is 1.58 bits per heavy atom. The van der Waals surface area contributed by atoms with Crippen molar-refractivity contribution in [3.05, 3.63) is 0 Å². The first-order valence-electron chi connectivity index (χ1n) is 3.45. The first-order chi connectivity index (χ1) is 5.39. The molecule has 0 aliphatic carbocycles. The highest BCUT2D eigenvalue weighted by atomic mass is 19.3. The van der Waals surface area contributed by atoms with Crippen molar-refractivity contribution in [3.63, 3.8) is 0 Å². The lowest BCUT2D eigenvalue weighted by Gasteiger charge is -2.14. The molecule has 0 bridgehead atoms. The molecule has 4 nitrogen and oxygen atoms in total. The molecule has 5 N–H and O–H groups in total. The number of hydrogen-bond donors (Lipinski definition) is 3. The fraction of sp³-hybridized carbons (Fsp3) is 0.833. The van der Waals surface area contributed by atoms with Gasteiger partial charge in [-0.1, -0.05) is 0 Å². The van der Waals surface area contributed by atoms with E-state index in [0.29, 0.717) is 0 Å². The smallest absolute Gasteiger partial charge is 0.320 e. The Bertz CT molecular complexity index is 164. The molecule has 0 aliphatic rings. The van der Waals surface area contributed by atoms with Crippen LogP contribution in [0.4, 0.5) is 8.78 Å². The van der Waals surface area contributed by atoms with Crippen LogP contribution in [0.5, 0.6) is 0 Å². The second-order valence-corrected chi connectivity index (χ2v) is 2.54. The first-order valence-corrected chi connectivity index (χ1v) is 3.45. The number of nitrogens with two attached hydrogens (primary N) is 2. The molecule has 0 aromatic rings. The molecular formula is C6H12F2N2O2. The van der Waals surface area contributed by atoms with E-state index in [9.17, 15) is 13.6 Å². The standard InChI is InChI=1S/C6H12F2N2O2/c7-6(8,3-9)2-1-4(10)5(11)12/h4H,1-3,9-10H2,(H,11,12). The van der Waals surface area contributed by atoms with Gasteiger partial charge in [0.25, 0.3) is 5.92 Å². The number of carboxylic acid groups (broad SMARTS) is 1. The van der Waals surface area contributed by atoms with Gasteiger partial charge in [-0.15, -0.1) is 0 Å².